The van der Waals surface area contributed by atoms with Crippen LogP contribution in [0.1, 0.15) is 45.4 Å². The van der Waals surface area contributed by atoms with Crippen LogP contribution in [0.15, 0.2) is 0 Å². The highest BCUT2D eigenvalue weighted by atomic mass is 16.3. The Hall–Kier alpha value is -0.610. The third-order valence-electron chi connectivity index (χ3n) is 3.15. The first-order chi connectivity index (χ1) is 7.07. The van der Waals surface area contributed by atoms with Gasteiger partial charge in [-0.3, -0.25) is 4.79 Å². The van der Waals surface area contributed by atoms with Gasteiger partial charge in [0.25, 0.3) is 0 Å². The Morgan fingerprint density at radius 2 is 2.07 bits per heavy atom. The molecule has 0 spiro atoms. The van der Waals surface area contributed by atoms with Gasteiger partial charge >= 0.3 is 0 Å². The number of nitrogens with two attached hydrogens (primary N) is 1. The number of nitrogens with one attached hydrogen (secondary N) is 1. The number of carbonyl (C=O) groups is 1. The number of carbonyl (C=O) groups excluding carboxylic acids is 1. The molecule has 1 rings (SSSR count). The maximum absolute atomic E-state index is 11.4. The molecule has 0 unspecified atom stereocenters. The number of amides is 1. The van der Waals surface area contributed by atoms with E-state index in [9.17, 15) is 9.90 Å². The molecule has 0 radical (unpaired) electrons. The van der Waals surface area contributed by atoms with Gasteiger partial charge in [-0.05, 0) is 19.3 Å². The second kappa shape index (κ2) is 5.47. The highest BCUT2D eigenvalue weighted by molar-refractivity contribution is 5.81. The minimum Gasteiger partial charge on any atom is -0.388 e. The molecule has 15 heavy (non-hydrogen) atoms. The van der Waals surface area contributed by atoms with E-state index in [1.807, 2.05) is 6.92 Å². The lowest BCUT2D eigenvalue weighted by molar-refractivity contribution is -0.124. The van der Waals surface area contributed by atoms with E-state index in [1.54, 1.807) is 0 Å². The summed E-state index contributed by atoms with van der Waals surface area (Å²) in [6, 6.07) is -0.447. The Kier molecular flexibility index (Phi) is 4.54. The molecule has 0 saturated heterocycles. The van der Waals surface area contributed by atoms with Gasteiger partial charge in [0.05, 0.1) is 11.6 Å². The van der Waals surface area contributed by atoms with E-state index >= 15 is 0 Å². The Balaban J connectivity index is 2.31. The van der Waals surface area contributed by atoms with E-state index in [1.165, 1.54) is 6.42 Å². The number of aliphatic hydroxyl groups is 1. The molecule has 4 N–H and O–H groups in total. The van der Waals surface area contributed by atoms with E-state index < -0.39 is 11.6 Å². The third-order valence-corrected chi connectivity index (χ3v) is 3.15. The van der Waals surface area contributed by atoms with Crippen molar-refractivity contribution in [3.8, 4) is 0 Å². The summed E-state index contributed by atoms with van der Waals surface area (Å²) in [4.78, 5) is 11.4. The molecule has 1 atom stereocenters. The molecule has 1 amide bonds. The van der Waals surface area contributed by atoms with Gasteiger partial charge in [0.2, 0.25) is 5.91 Å². The van der Waals surface area contributed by atoms with Crippen molar-refractivity contribution in [2.45, 2.75) is 57.1 Å². The van der Waals surface area contributed by atoms with E-state index in [-0.39, 0.29) is 5.91 Å². The predicted octanol–water partition coefficient (Wildman–Crippen LogP) is 0.535. The fraction of sp³-hybridized carbons (Fsp3) is 0.909. The Morgan fingerprint density at radius 3 is 2.60 bits per heavy atom. The Morgan fingerprint density at radius 1 is 1.47 bits per heavy atom. The Bertz CT molecular complexity index is 213. The first-order valence-corrected chi connectivity index (χ1v) is 5.83. The van der Waals surface area contributed by atoms with Crippen LogP contribution in [0.25, 0.3) is 0 Å². The van der Waals surface area contributed by atoms with Crippen molar-refractivity contribution >= 4 is 5.91 Å². The summed E-state index contributed by atoms with van der Waals surface area (Å²) in [6.45, 7) is 2.22. The van der Waals surface area contributed by atoms with Crippen molar-refractivity contribution in [2.75, 3.05) is 6.54 Å². The molecule has 0 bridgehead atoms. The van der Waals surface area contributed by atoms with Crippen molar-refractivity contribution in [1.82, 2.24) is 5.32 Å². The summed E-state index contributed by atoms with van der Waals surface area (Å²) < 4.78 is 0. The van der Waals surface area contributed by atoms with Gasteiger partial charge in [0.1, 0.15) is 0 Å². The van der Waals surface area contributed by atoms with Gasteiger partial charge in [-0.15, -0.1) is 0 Å². The molecule has 1 fully saturated rings. The molecule has 0 aliphatic heterocycles. The van der Waals surface area contributed by atoms with Crippen molar-refractivity contribution in [1.29, 1.82) is 0 Å². The lowest BCUT2D eigenvalue weighted by Gasteiger charge is -2.32. The van der Waals surface area contributed by atoms with Crippen LogP contribution in [-0.2, 0) is 4.79 Å². The molecule has 0 aromatic carbocycles. The van der Waals surface area contributed by atoms with Crippen LogP contribution in [0.3, 0.4) is 0 Å². The monoisotopic (exact) mass is 214 g/mol. The minimum atomic E-state index is -0.693. The number of hydrogen-bond donors (Lipinski definition) is 3. The van der Waals surface area contributed by atoms with Gasteiger partial charge in [-0.2, -0.15) is 0 Å². The van der Waals surface area contributed by atoms with Crippen molar-refractivity contribution in [3.05, 3.63) is 0 Å². The van der Waals surface area contributed by atoms with Crippen LogP contribution in [0.2, 0.25) is 0 Å². The third kappa shape index (κ3) is 3.80. The molecule has 1 aliphatic carbocycles. The standard InChI is InChI=1S/C11H22N2O2/c1-2-9(12)10(14)13-8-11(15)6-4-3-5-7-11/h9,15H,2-8,12H2,1H3,(H,13,14)/t9-/m0/s1. The largest absolute Gasteiger partial charge is 0.388 e. The first kappa shape index (κ1) is 12.5. The molecular weight excluding hydrogens is 192 g/mol. The van der Waals surface area contributed by atoms with E-state index in [0.29, 0.717) is 13.0 Å². The maximum Gasteiger partial charge on any atom is 0.237 e. The molecule has 0 aromatic heterocycles. The van der Waals surface area contributed by atoms with Gasteiger partial charge in [-0.1, -0.05) is 26.2 Å². The minimum absolute atomic E-state index is 0.156. The van der Waals surface area contributed by atoms with E-state index in [0.717, 1.165) is 25.7 Å². The average Bonchev–Trinajstić information content (AvgIpc) is 2.26. The molecule has 88 valence electrons. The quantitative estimate of drug-likeness (QED) is 0.639. The molecule has 4 nitrogen and oxygen atoms in total. The highest BCUT2D eigenvalue weighted by Crippen LogP contribution is 2.27. The fourth-order valence-corrected chi connectivity index (χ4v) is 1.95. The number of hydrogen-bond acceptors (Lipinski definition) is 3. The SMILES string of the molecule is CC[C@H](N)C(=O)NCC1(O)CCCCC1. The molecular formula is C11H22N2O2. The Labute approximate surface area is 91.2 Å². The summed E-state index contributed by atoms with van der Waals surface area (Å²) >= 11 is 0. The topological polar surface area (TPSA) is 75.4 Å². The highest BCUT2D eigenvalue weighted by Gasteiger charge is 2.29. The summed E-state index contributed by atoms with van der Waals surface area (Å²) in [6.07, 6.45) is 5.48. The summed E-state index contributed by atoms with van der Waals surface area (Å²) in [5.41, 5.74) is 4.89. The maximum atomic E-state index is 11.4. The van der Waals surface area contributed by atoms with Crippen LogP contribution in [-0.4, -0.2) is 29.2 Å². The molecule has 0 heterocycles. The van der Waals surface area contributed by atoms with Crippen molar-refractivity contribution in [3.63, 3.8) is 0 Å². The average molecular weight is 214 g/mol. The molecule has 1 saturated carbocycles. The predicted molar refractivity (Wildman–Crippen MR) is 59.3 cm³/mol. The van der Waals surface area contributed by atoms with Gasteiger partial charge in [0.15, 0.2) is 0 Å². The normalized spacial score (nSPS) is 22.1. The van der Waals surface area contributed by atoms with Gasteiger partial charge < -0.3 is 16.2 Å². The van der Waals surface area contributed by atoms with Crippen molar-refractivity contribution < 1.29 is 9.90 Å². The van der Waals surface area contributed by atoms with E-state index in [4.69, 9.17) is 5.73 Å². The van der Waals surface area contributed by atoms with E-state index in [2.05, 4.69) is 5.32 Å². The van der Waals surface area contributed by atoms with Crippen LogP contribution in [0.5, 0.6) is 0 Å². The fourth-order valence-electron chi connectivity index (χ4n) is 1.95. The van der Waals surface area contributed by atoms with Crippen molar-refractivity contribution in [2.24, 2.45) is 5.73 Å². The zero-order valence-corrected chi connectivity index (χ0v) is 9.46. The zero-order chi connectivity index (χ0) is 11.3. The summed E-state index contributed by atoms with van der Waals surface area (Å²) in [5, 5.41) is 12.8. The van der Waals surface area contributed by atoms with Crippen LogP contribution in [0.4, 0.5) is 0 Å². The second-order valence-corrected chi connectivity index (χ2v) is 4.52. The molecule has 1 aliphatic rings. The lowest BCUT2D eigenvalue weighted by atomic mass is 9.85. The lowest BCUT2D eigenvalue weighted by Crippen LogP contribution is -2.48. The summed E-state index contributed by atoms with van der Waals surface area (Å²) in [7, 11) is 0. The second-order valence-electron chi connectivity index (χ2n) is 4.52. The van der Waals surface area contributed by atoms with Crippen LogP contribution in [0, 0.1) is 0 Å². The zero-order valence-electron chi connectivity index (χ0n) is 9.46. The molecule has 0 aromatic rings. The first-order valence-electron chi connectivity index (χ1n) is 5.83. The van der Waals surface area contributed by atoms with Gasteiger partial charge in [0, 0.05) is 6.54 Å². The molecule has 4 heteroatoms. The van der Waals surface area contributed by atoms with Crippen LogP contribution < -0.4 is 11.1 Å². The number of rotatable bonds is 4. The summed E-state index contributed by atoms with van der Waals surface area (Å²) in [5.74, 6) is -0.156. The smallest absolute Gasteiger partial charge is 0.237 e. The van der Waals surface area contributed by atoms with Gasteiger partial charge in [-0.25, -0.2) is 0 Å². The van der Waals surface area contributed by atoms with Crippen LogP contribution >= 0.6 is 0 Å².